The van der Waals surface area contributed by atoms with Crippen molar-refractivity contribution < 1.29 is 26.8 Å². The molecule has 0 bridgehead atoms. The van der Waals surface area contributed by atoms with Gasteiger partial charge in [0.05, 0.1) is 11.0 Å². The van der Waals surface area contributed by atoms with Crippen molar-refractivity contribution in [1.29, 1.82) is 0 Å². The van der Waals surface area contributed by atoms with Crippen molar-refractivity contribution in [2.75, 3.05) is 13.2 Å². The first-order valence-electron chi connectivity index (χ1n) is 10.1. The fraction of sp³-hybridized carbons (Fsp3) is 0.261. The Morgan fingerprint density at radius 2 is 1.91 bits per heavy atom. The summed E-state index contributed by atoms with van der Waals surface area (Å²) in [6.07, 6.45) is 1.59. The maximum absolute atomic E-state index is 13.7. The highest BCUT2D eigenvalue weighted by Gasteiger charge is 2.28. The minimum absolute atomic E-state index is 0.0602. The summed E-state index contributed by atoms with van der Waals surface area (Å²) in [6, 6.07) is 14.8. The second kappa shape index (κ2) is 9.56. The predicted octanol–water partition coefficient (Wildman–Crippen LogP) is 4.84. The Morgan fingerprint density at radius 1 is 1.12 bits per heavy atom. The van der Waals surface area contributed by atoms with Gasteiger partial charge in [0, 0.05) is 24.2 Å². The van der Waals surface area contributed by atoms with E-state index in [2.05, 4.69) is 15.9 Å². The van der Waals surface area contributed by atoms with E-state index in [0.717, 1.165) is 17.3 Å². The molecule has 1 atom stereocenters. The first-order chi connectivity index (χ1) is 15.3. The number of rotatable bonds is 7. The summed E-state index contributed by atoms with van der Waals surface area (Å²) < 4.78 is 51.3. The van der Waals surface area contributed by atoms with E-state index in [0.29, 0.717) is 18.7 Å². The van der Waals surface area contributed by atoms with Crippen LogP contribution in [0.4, 0.5) is 4.39 Å². The van der Waals surface area contributed by atoms with Crippen LogP contribution in [0.1, 0.15) is 29.0 Å². The van der Waals surface area contributed by atoms with Gasteiger partial charge in [-0.15, -0.1) is 0 Å². The van der Waals surface area contributed by atoms with E-state index in [1.54, 1.807) is 24.3 Å². The molecule has 2 aromatic carbocycles. The molecule has 1 aromatic heterocycles. The average Bonchev–Trinajstić information content (AvgIpc) is 3.46. The van der Waals surface area contributed by atoms with Crippen LogP contribution in [-0.2, 0) is 21.1 Å². The zero-order valence-corrected chi connectivity index (χ0v) is 19.4. The fourth-order valence-corrected chi connectivity index (χ4v) is 5.01. The van der Waals surface area contributed by atoms with Gasteiger partial charge in [-0.3, -0.25) is 4.79 Å². The van der Waals surface area contributed by atoms with Crippen LogP contribution >= 0.6 is 15.9 Å². The Morgan fingerprint density at radius 3 is 2.59 bits per heavy atom. The first kappa shape index (κ1) is 22.7. The molecule has 1 aliphatic heterocycles. The predicted molar refractivity (Wildman–Crippen MR) is 118 cm³/mol. The van der Waals surface area contributed by atoms with Crippen molar-refractivity contribution >= 4 is 31.7 Å². The highest BCUT2D eigenvalue weighted by Crippen LogP contribution is 2.26. The number of carbonyl (C=O) groups is 1. The van der Waals surface area contributed by atoms with Crippen LogP contribution in [-0.4, -0.2) is 38.5 Å². The molecule has 32 heavy (non-hydrogen) atoms. The Balaban J connectivity index is 1.59. The molecular formula is C23H21BrFNO5S. The maximum Gasteiger partial charge on any atom is 0.290 e. The van der Waals surface area contributed by atoms with Gasteiger partial charge in [0.15, 0.2) is 5.76 Å². The number of furan rings is 1. The van der Waals surface area contributed by atoms with Crippen LogP contribution in [0.15, 0.2) is 79.5 Å². The van der Waals surface area contributed by atoms with Gasteiger partial charge in [-0.05, 0) is 66.9 Å². The molecule has 1 aliphatic rings. The third-order valence-electron chi connectivity index (χ3n) is 5.18. The molecule has 0 spiro atoms. The summed E-state index contributed by atoms with van der Waals surface area (Å²) in [5.41, 5.74) is 0.616. The SMILES string of the molecule is O=C(c1ccc(S(=O)(=O)c2ccc(Br)cc2)o1)N(Cc1cccc(F)c1)CC1CCCO1. The summed E-state index contributed by atoms with van der Waals surface area (Å²) in [6.45, 7) is 1.07. The Bertz CT molecular complexity index is 1200. The molecule has 0 N–H and O–H groups in total. The lowest BCUT2D eigenvalue weighted by atomic mass is 10.1. The number of benzene rings is 2. The maximum atomic E-state index is 13.7. The average molecular weight is 522 g/mol. The lowest BCUT2D eigenvalue weighted by Gasteiger charge is -2.24. The molecule has 4 rings (SSSR count). The quantitative estimate of drug-likeness (QED) is 0.444. The highest BCUT2D eigenvalue weighted by molar-refractivity contribution is 9.10. The number of sulfone groups is 1. The molecular weight excluding hydrogens is 501 g/mol. The number of amides is 1. The molecule has 1 amide bonds. The van der Waals surface area contributed by atoms with Crippen molar-refractivity contribution in [3.8, 4) is 0 Å². The number of halogens is 2. The van der Waals surface area contributed by atoms with E-state index in [4.69, 9.17) is 9.15 Å². The standard InChI is InChI=1S/C23H21BrFNO5S/c24-17-6-8-20(9-7-17)32(28,29)22-11-10-21(31-22)23(27)26(15-19-5-2-12-30-19)14-16-3-1-4-18(25)13-16/h1,3-4,6-11,13,19H,2,5,12,14-15H2. The summed E-state index contributed by atoms with van der Waals surface area (Å²) in [4.78, 5) is 14.8. The molecule has 0 aliphatic carbocycles. The van der Waals surface area contributed by atoms with E-state index < -0.39 is 21.6 Å². The summed E-state index contributed by atoms with van der Waals surface area (Å²) >= 11 is 3.27. The van der Waals surface area contributed by atoms with Gasteiger partial charge in [0.25, 0.3) is 5.91 Å². The lowest BCUT2D eigenvalue weighted by molar-refractivity contribution is 0.0479. The zero-order valence-electron chi connectivity index (χ0n) is 17.0. The smallest absolute Gasteiger partial charge is 0.290 e. The monoisotopic (exact) mass is 521 g/mol. The molecule has 9 heteroatoms. The topological polar surface area (TPSA) is 76.8 Å². The largest absolute Gasteiger partial charge is 0.439 e. The number of hydrogen-bond acceptors (Lipinski definition) is 5. The van der Waals surface area contributed by atoms with E-state index in [-0.39, 0.29) is 28.4 Å². The van der Waals surface area contributed by atoms with Crippen molar-refractivity contribution in [1.82, 2.24) is 4.90 Å². The third kappa shape index (κ3) is 5.11. The Hall–Kier alpha value is -2.49. The van der Waals surface area contributed by atoms with Crippen molar-refractivity contribution in [2.24, 2.45) is 0 Å². The van der Waals surface area contributed by atoms with Crippen LogP contribution < -0.4 is 0 Å². The summed E-state index contributed by atoms with van der Waals surface area (Å²) in [5.74, 6) is -0.981. The number of hydrogen-bond donors (Lipinski definition) is 0. The molecule has 0 saturated carbocycles. The second-order valence-electron chi connectivity index (χ2n) is 7.53. The lowest BCUT2D eigenvalue weighted by Crippen LogP contribution is -2.36. The third-order valence-corrected chi connectivity index (χ3v) is 7.35. The van der Waals surface area contributed by atoms with E-state index >= 15 is 0 Å². The molecule has 1 fully saturated rings. The van der Waals surface area contributed by atoms with Gasteiger partial charge >= 0.3 is 0 Å². The summed E-state index contributed by atoms with van der Waals surface area (Å²) in [5, 5.41) is -0.314. The number of nitrogens with zero attached hydrogens (tertiary/aromatic N) is 1. The van der Waals surface area contributed by atoms with Crippen LogP contribution in [0.25, 0.3) is 0 Å². The van der Waals surface area contributed by atoms with Gasteiger partial charge in [-0.25, -0.2) is 12.8 Å². The molecule has 168 valence electrons. The molecule has 3 aromatic rings. The molecule has 0 radical (unpaired) electrons. The summed E-state index contributed by atoms with van der Waals surface area (Å²) in [7, 11) is -3.91. The second-order valence-corrected chi connectivity index (χ2v) is 10.3. The fourth-order valence-electron chi connectivity index (χ4n) is 3.57. The van der Waals surface area contributed by atoms with Crippen LogP contribution in [0.5, 0.6) is 0 Å². The minimum Gasteiger partial charge on any atom is -0.439 e. The normalized spacial score (nSPS) is 16.2. The van der Waals surface area contributed by atoms with Crippen molar-refractivity contribution in [2.45, 2.75) is 35.5 Å². The van der Waals surface area contributed by atoms with Crippen molar-refractivity contribution in [3.63, 3.8) is 0 Å². The van der Waals surface area contributed by atoms with E-state index in [1.165, 1.54) is 41.3 Å². The van der Waals surface area contributed by atoms with Gasteiger partial charge in [0.1, 0.15) is 5.82 Å². The van der Waals surface area contributed by atoms with Gasteiger partial charge in [0.2, 0.25) is 14.9 Å². The number of carbonyl (C=O) groups excluding carboxylic acids is 1. The van der Waals surface area contributed by atoms with Crippen LogP contribution in [0, 0.1) is 5.82 Å². The molecule has 1 saturated heterocycles. The molecule has 1 unspecified atom stereocenters. The Kier molecular flexibility index (Phi) is 6.78. The van der Waals surface area contributed by atoms with Crippen LogP contribution in [0.2, 0.25) is 0 Å². The van der Waals surface area contributed by atoms with Gasteiger partial charge < -0.3 is 14.1 Å². The van der Waals surface area contributed by atoms with Gasteiger partial charge in [-0.1, -0.05) is 28.1 Å². The van der Waals surface area contributed by atoms with Crippen molar-refractivity contribution in [3.05, 3.63) is 82.3 Å². The highest BCUT2D eigenvalue weighted by atomic mass is 79.9. The van der Waals surface area contributed by atoms with E-state index in [1.807, 2.05) is 0 Å². The Labute approximate surface area is 194 Å². The first-order valence-corrected chi connectivity index (χ1v) is 12.4. The van der Waals surface area contributed by atoms with Crippen LogP contribution in [0.3, 0.4) is 0 Å². The van der Waals surface area contributed by atoms with E-state index in [9.17, 15) is 17.6 Å². The molecule has 2 heterocycles. The number of ether oxygens (including phenoxy) is 1. The van der Waals surface area contributed by atoms with Gasteiger partial charge in [-0.2, -0.15) is 0 Å². The molecule has 6 nitrogen and oxygen atoms in total. The zero-order chi connectivity index (χ0) is 22.7. The minimum atomic E-state index is -3.91.